The SMILES string of the molecule is O=C(Oc1cccc(/C=N/NS(=O)(=O)c2ccccc2)c1)c1ccc(Cl)cc1. The summed E-state index contributed by atoms with van der Waals surface area (Å²) in [7, 11) is -3.74. The summed E-state index contributed by atoms with van der Waals surface area (Å²) in [5.74, 6) is -0.231. The molecule has 3 rings (SSSR count). The number of benzene rings is 3. The standard InChI is InChI=1S/C20H15ClN2O4S/c21-17-11-9-16(10-12-17)20(24)27-18-6-4-5-15(13-18)14-22-23-28(25,26)19-7-2-1-3-8-19/h1-14,23H/b22-14+. The third-order valence-electron chi connectivity index (χ3n) is 3.59. The summed E-state index contributed by atoms with van der Waals surface area (Å²) in [5, 5.41) is 4.28. The number of hydrazone groups is 1. The van der Waals surface area contributed by atoms with Gasteiger partial charge >= 0.3 is 5.97 Å². The first-order valence-electron chi connectivity index (χ1n) is 8.12. The number of ether oxygens (including phenoxy) is 1. The molecule has 0 aliphatic carbocycles. The predicted octanol–water partition coefficient (Wildman–Crippen LogP) is 3.87. The number of esters is 1. The van der Waals surface area contributed by atoms with Gasteiger partial charge in [-0.15, -0.1) is 0 Å². The molecule has 0 spiro atoms. The molecule has 0 radical (unpaired) electrons. The minimum absolute atomic E-state index is 0.109. The van der Waals surface area contributed by atoms with E-state index < -0.39 is 16.0 Å². The summed E-state index contributed by atoms with van der Waals surface area (Å²) < 4.78 is 29.5. The Balaban J connectivity index is 1.67. The van der Waals surface area contributed by atoms with Gasteiger partial charge in [0.1, 0.15) is 5.75 Å². The third-order valence-corrected chi connectivity index (χ3v) is 5.08. The predicted molar refractivity (Wildman–Crippen MR) is 107 cm³/mol. The maximum Gasteiger partial charge on any atom is 0.343 e. The fourth-order valence-electron chi connectivity index (χ4n) is 2.23. The van der Waals surface area contributed by atoms with Crippen LogP contribution in [-0.4, -0.2) is 20.6 Å². The van der Waals surface area contributed by atoms with E-state index in [2.05, 4.69) is 9.93 Å². The van der Waals surface area contributed by atoms with E-state index in [1.54, 1.807) is 66.7 Å². The zero-order valence-electron chi connectivity index (χ0n) is 14.4. The molecule has 0 heterocycles. The molecule has 0 bridgehead atoms. The highest BCUT2D eigenvalue weighted by molar-refractivity contribution is 7.89. The van der Waals surface area contributed by atoms with Gasteiger partial charge in [-0.05, 0) is 54.1 Å². The lowest BCUT2D eigenvalue weighted by Gasteiger charge is -2.05. The monoisotopic (exact) mass is 414 g/mol. The second-order valence-corrected chi connectivity index (χ2v) is 7.73. The maximum atomic E-state index is 12.1. The fourth-order valence-corrected chi connectivity index (χ4v) is 3.17. The van der Waals surface area contributed by atoms with Gasteiger partial charge in [-0.25, -0.2) is 9.63 Å². The molecule has 6 nitrogen and oxygen atoms in total. The van der Waals surface area contributed by atoms with E-state index in [0.717, 1.165) is 0 Å². The average Bonchev–Trinajstić information content (AvgIpc) is 2.69. The van der Waals surface area contributed by atoms with Crippen molar-refractivity contribution in [2.75, 3.05) is 0 Å². The Morgan fingerprint density at radius 2 is 1.68 bits per heavy atom. The molecule has 0 aromatic heterocycles. The molecular weight excluding hydrogens is 400 g/mol. The largest absolute Gasteiger partial charge is 0.423 e. The summed E-state index contributed by atoms with van der Waals surface area (Å²) in [5.41, 5.74) is 0.913. The van der Waals surface area contributed by atoms with E-state index >= 15 is 0 Å². The highest BCUT2D eigenvalue weighted by Gasteiger charge is 2.11. The summed E-state index contributed by atoms with van der Waals surface area (Å²) >= 11 is 5.80. The van der Waals surface area contributed by atoms with Crippen LogP contribution < -0.4 is 9.57 Å². The van der Waals surface area contributed by atoms with Crippen LogP contribution in [0.3, 0.4) is 0 Å². The molecular formula is C20H15ClN2O4S. The number of sulfonamides is 1. The topological polar surface area (TPSA) is 84.8 Å². The zero-order chi connectivity index (χ0) is 20.0. The molecule has 0 atom stereocenters. The Labute approximate surface area is 167 Å². The van der Waals surface area contributed by atoms with Crippen molar-refractivity contribution in [3.8, 4) is 5.75 Å². The molecule has 0 unspecified atom stereocenters. The van der Waals surface area contributed by atoms with Crippen LogP contribution in [-0.2, 0) is 10.0 Å². The first-order chi connectivity index (χ1) is 13.4. The van der Waals surface area contributed by atoms with Crippen molar-refractivity contribution in [2.45, 2.75) is 4.90 Å². The van der Waals surface area contributed by atoms with E-state index in [1.807, 2.05) is 0 Å². The van der Waals surface area contributed by atoms with Gasteiger partial charge in [-0.2, -0.15) is 13.5 Å². The van der Waals surface area contributed by atoms with Crippen molar-refractivity contribution in [1.29, 1.82) is 0 Å². The first kappa shape index (κ1) is 19.6. The summed E-state index contributed by atoms with van der Waals surface area (Å²) in [6.07, 6.45) is 1.32. The van der Waals surface area contributed by atoms with Gasteiger partial charge in [-0.3, -0.25) is 0 Å². The number of carbonyl (C=O) groups is 1. The lowest BCUT2D eigenvalue weighted by molar-refractivity contribution is 0.0735. The quantitative estimate of drug-likeness (QED) is 0.287. The molecule has 142 valence electrons. The normalized spacial score (nSPS) is 11.3. The second-order valence-electron chi connectivity index (χ2n) is 5.63. The maximum absolute atomic E-state index is 12.1. The first-order valence-corrected chi connectivity index (χ1v) is 9.98. The number of rotatable bonds is 6. The highest BCUT2D eigenvalue weighted by Crippen LogP contribution is 2.16. The van der Waals surface area contributed by atoms with Gasteiger partial charge < -0.3 is 4.74 Å². The number of carbonyl (C=O) groups excluding carboxylic acids is 1. The molecule has 3 aromatic rings. The Kier molecular flexibility index (Phi) is 6.08. The molecule has 0 aliphatic rings. The smallest absolute Gasteiger partial charge is 0.343 e. The van der Waals surface area contributed by atoms with Crippen LogP contribution in [0.2, 0.25) is 5.02 Å². The van der Waals surface area contributed by atoms with Crippen molar-refractivity contribution in [2.24, 2.45) is 5.10 Å². The zero-order valence-corrected chi connectivity index (χ0v) is 16.0. The van der Waals surface area contributed by atoms with Crippen LogP contribution in [0.4, 0.5) is 0 Å². The summed E-state index contributed by atoms with van der Waals surface area (Å²) in [6, 6.07) is 20.8. The van der Waals surface area contributed by atoms with E-state index in [-0.39, 0.29) is 4.90 Å². The van der Waals surface area contributed by atoms with Gasteiger partial charge in [0.2, 0.25) is 0 Å². The molecule has 0 amide bonds. The lowest BCUT2D eigenvalue weighted by atomic mass is 10.2. The van der Waals surface area contributed by atoms with Crippen molar-refractivity contribution in [3.63, 3.8) is 0 Å². The van der Waals surface area contributed by atoms with Crippen molar-refractivity contribution in [3.05, 3.63) is 95.0 Å². The molecule has 0 aliphatic heterocycles. The highest BCUT2D eigenvalue weighted by atomic mass is 35.5. The van der Waals surface area contributed by atoms with Crippen LogP contribution in [0.5, 0.6) is 5.75 Å². The Morgan fingerprint density at radius 1 is 0.964 bits per heavy atom. The Morgan fingerprint density at radius 3 is 2.39 bits per heavy atom. The van der Waals surface area contributed by atoms with E-state index in [4.69, 9.17) is 16.3 Å². The second kappa shape index (κ2) is 8.69. The number of hydrogen-bond acceptors (Lipinski definition) is 5. The summed E-state index contributed by atoms with van der Waals surface area (Å²) in [4.78, 5) is 14.4. The van der Waals surface area contributed by atoms with Crippen LogP contribution in [0, 0.1) is 0 Å². The third kappa shape index (κ3) is 5.18. The number of hydrogen-bond donors (Lipinski definition) is 1. The van der Waals surface area contributed by atoms with E-state index in [0.29, 0.717) is 21.9 Å². The van der Waals surface area contributed by atoms with Crippen LogP contribution in [0.15, 0.2) is 88.9 Å². The van der Waals surface area contributed by atoms with Gasteiger partial charge in [0.05, 0.1) is 16.7 Å². The van der Waals surface area contributed by atoms with Gasteiger partial charge in [-0.1, -0.05) is 41.9 Å². The molecule has 8 heteroatoms. The Hall–Kier alpha value is -3.16. The van der Waals surface area contributed by atoms with Crippen molar-refractivity contribution >= 4 is 33.8 Å². The van der Waals surface area contributed by atoms with Gasteiger partial charge in [0.15, 0.2) is 0 Å². The number of nitrogens with zero attached hydrogens (tertiary/aromatic N) is 1. The molecule has 0 saturated heterocycles. The fraction of sp³-hybridized carbons (Fsp3) is 0. The van der Waals surface area contributed by atoms with Crippen LogP contribution in [0.25, 0.3) is 0 Å². The molecule has 0 saturated carbocycles. The van der Waals surface area contributed by atoms with E-state index in [9.17, 15) is 13.2 Å². The van der Waals surface area contributed by atoms with Gasteiger partial charge in [0, 0.05) is 5.02 Å². The number of nitrogens with one attached hydrogen (secondary N) is 1. The number of halogens is 1. The van der Waals surface area contributed by atoms with Gasteiger partial charge in [0.25, 0.3) is 10.0 Å². The molecule has 0 fully saturated rings. The van der Waals surface area contributed by atoms with Crippen molar-refractivity contribution in [1.82, 2.24) is 4.83 Å². The Bertz CT molecular complexity index is 1100. The molecule has 1 N–H and O–H groups in total. The average molecular weight is 415 g/mol. The lowest BCUT2D eigenvalue weighted by Crippen LogP contribution is -2.18. The van der Waals surface area contributed by atoms with Crippen LogP contribution in [0.1, 0.15) is 15.9 Å². The molecule has 3 aromatic carbocycles. The van der Waals surface area contributed by atoms with E-state index in [1.165, 1.54) is 18.3 Å². The van der Waals surface area contributed by atoms with Crippen molar-refractivity contribution < 1.29 is 17.9 Å². The minimum Gasteiger partial charge on any atom is -0.423 e. The van der Waals surface area contributed by atoms with Crippen LogP contribution >= 0.6 is 11.6 Å². The molecule has 28 heavy (non-hydrogen) atoms. The summed E-state index contributed by atoms with van der Waals surface area (Å²) in [6.45, 7) is 0. The minimum atomic E-state index is -3.74.